The van der Waals surface area contributed by atoms with Gasteiger partial charge < -0.3 is 29.9 Å². The molecule has 0 heterocycles. The number of hydrogen-bond acceptors (Lipinski definition) is 6. The highest BCUT2D eigenvalue weighted by Gasteiger charge is 2.15. The third-order valence-corrected chi connectivity index (χ3v) is 7.19. The van der Waals surface area contributed by atoms with Crippen molar-refractivity contribution in [2.45, 2.75) is 38.8 Å². The van der Waals surface area contributed by atoms with Gasteiger partial charge in [0.1, 0.15) is 18.1 Å². The van der Waals surface area contributed by atoms with Crippen LogP contribution < -0.4 is 19.7 Å². The zero-order valence-electron chi connectivity index (χ0n) is 25.5. The summed E-state index contributed by atoms with van der Waals surface area (Å²) in [6.07, 6.45) is 0.412. The van der Waals surface area contributed by atoms with Crippen LogP contribution in [0.4, 0.5) is 5.69 Å². The van der Waals surface area contributed by atoms with Gasteiger partial charge in [0.05, 0.1) is 6.61 Å². The number of carbonyl (C=O) groups excluding carboxylic acids is 1. The van der Waals surface area contributed by atoms with Crippen molar-refractivity contribution in [2.24, 2.45) is 0 Å². The zero-order valence-corrected chi connectivity index (χ0v) is 25.5. The quantitative estimate of drug-likeness (QED) is 0.128. The molecule has 0 saturated heterocycles. The van der Waals surface area contributed by atoms with Crippen LogP contribution in [0, 0.1) is 0 Å². The van der Waals surface area contributed by atoms with E-state index in [4.69, 9.17) is 14.6 Å². The number of rotatable bonds is 16. The van der Waals surface area contributed by atoms with E-state index in [1.807, 2.05) is 91.8 Å². The number of hydrogen-bond donors (Lipinski definition) is 3. The lowest BCUT2D eigenvalue weighted by molar-refractivity contribution is -0.138. The number of amides is 1. The van der Waals surface area contributed by atoms with Crippen LogP contribution in [0.15, 0.2) is 91.0 Å². The van der Waals surface area contributed by atoms with Gasteiger partial charge in [-0.1, -0.05) is 54.6 Å². The Morgan fingerprint density at radius 1 is 0.778 bits per heavy atom. The van der Waals surface area contributed by atoms with Crippen LogP contribution in [0.3, 0.4) is 0 Å². The van der Waals surface area contributed by atoms with Gasteiger partial charge in [0.2, 0.25) is 0 Å². The molecule has 4 aromatic rings. The standard InChI is InChI=1S/C36H38N2O7/c1-38(2)30-15-13-26(14-16-30)28-20-29(36(43)37-23-25-8-4-3-5-9-25)22-31(21-28)45-24-27-10-6-11-33(32(27)17-18-35(41)42)44-19-7-12-34(39)40/h3-6,8-11,13-16,20-22H,7,12,17-19,23-24H2,1-2H3,(H,37,43)(H,39,40)(H,41,42). The van der Waals surface area contributed by atoms with Gasteiger partial charge in [0.15, 0.2) is 0 Å². The van der Waals surface area contributed by atoms with E-state index >= 15 is 0 Å². The summed E-state index contributed by atoms with van der Waals surface area (Å²) in [5.74, 6) is -1.11. The van der Waals surface area contributed by atoms with E-state index in [-0.39, 0.29) is 38.4 Å². The summed E-state index contributed by atoms with van der Waals surface area (Å²) < 4.78 is 12.1. The Kier molecular flexibility index (Phi) is 11.6. The fourth-order valence-electron chi connectivity index (χ4n) is 4.78. The highest BCUT2D eigenvalue weighted by atomic mass is 16.5. The van der Waals surface area contributed by atoms with Crippen LogP contribution in [-0.4, -0.2) is 48.8 Å². The smallest absolute Gasteiger partial charge is 0.303 e. The van der Waals surface area contributed by atoms with Crippen molar-refractivity contribution in [1.82, 2.24) is 5.32 Å². The largest absolute Gasteiger partial charge is 0.493 e. The van der Waals surface area contributed by atoms with E-state index in [0.717, 1.165) is 27.9 Å². The lowest BCUT2D eigenvalue weighted by Gasteiger charge is -2.17. The number of nitrogens with one attached hydrogen (secondary N) is 1. The average molecular weight is 611 g/mol. The Morgan fingerprint density at radius 2 is 1.51 bits per heavy atom. The molecule has 0 aliphatic heterocycles. The zero-order chi connectivity index (χ0) is 32.2. The molecule has 0 fully saturated rings. The average Bonchev–Trinajstić information content (AvgIpc) is 3.04. The minimum Gasteiger partial charge on any atom is -0.493 e. The normalized spacial score (nSPS) is 10.6. The second-order valence-corrected chi connectivity index (χ2v) is 10.8. The van der Waals surface area contributed by atoms with Crippen LogP contribution in [0.1, 0.15) is 46.3 Å². The molecule has 4 rings (SSSR count). The van der Waals surface area contributed by atoms with E-state index in [1.54, 1.807) is 18.2 Å². The molecule has 0 aromatic heterocycles. The third-order valence-electron chi connectivity index (χ3n) is 7.19. The second-order valence-electron chi connectivity index (χ2n) is 10.8. The number of nitrogens with zero attached hydrogens (tertiary/aromatic N) is 1. The van der Waals surface area contributed by atoms with Crippen molar-refractivity contribution in [1.29, 1.82) is 0 Å². The molecule has 234 valence electrons. The monoisotopic (exact) mass is 610 g/mol. The van der Waals surface area contributed by atoms with Crippen LogP contribution in [0.25, 0.3) is 11.1 Å². The first-order valence-corrected chi connectivity index (χ1v) is 14.7. The molecule has 9 heteroatoms. The Hall–Kier alpha value is -5.31. The number of carboxylic acids is 2. The summed E-state index contributed by atoms with van der Waals surface area (Å²) in [6, 6.07) is 28.5. The molecule has 9 nitrogen and oxygen atoms in total. The molecule has 0 atom stereocenters. The Labute approximate surface area is 263 Å². The molecule has 0 aliphatic rings. The molecule has 0 aliphatic carbocycles. The summed E-state index contributed by atoms with van der Waals surface area (Å²) >= 11 is 0. The fraction of sp³-hybridized carbons (Fsp3) is 0.250. The van der Waals surface area contributed by atoms with Crippen LogP contribution in [0.2, 0.25) is 0 Å². The second kappa shape index (κ2) is 16.0. The minimum absolute atomic E-state index is 0.0251. The van der Waals surface area contributed by atoms with Gasteiger partial charge in [-0.2, -0.15) is 0 Å². The van der Waals surface area contributed by atoms with Crippen molar-refractivity contribution in [3.05, 3.63) is 113 Å². The molecular weight excluding hydrogens is 572 g/mol. The lowest BCUT2D eigenvalue weighted by atomic mass is 10.0. The van der Waals surface area contributed by atoms with Gasteiger partial charge >= 0.3 is 11.9 Å². The summed E-state index contributed by atoms with van der Waals surface area (Å²) in [4.78, 5) is 37.6. The first kappa shape index (κ1) is 32.6. The number of carbonyl (C=O) groups is 3. The van der Waals surface area contributed by atoms with E-state index in [9.17, 15) is 19.5 Å². The number of carboxylic acid groups (broad SMARTS) is 2. The Morgan fingerprint density at radius 3 is 2.20 bits per heavy atom. The van der Waals surface area contributed by atoms with Crippen molar-refractivity contribution >= 4 is 23.5 Å². The Bertz CT molecular complexity index is 1600. The van der Waals surface area contributed by atoms with Gasteiger partial charge in [-0.05, 0) is 71.5 Å². The third kappa shape index (κ3) is 9.86. The van der Waals surface area contributed by atoms with Gasteiger partial charge in [0.25, 0.3) is 5.91 Å². The van der Waals surface area contributed by atoms with Gasteiger partial charge in [-0.15, -0.1) is 0 Å². The fourth-order valence-corrected chi connectivity index (χ4v) is 4.78. The molecule has 0 bridgehead atoms. The summed E-state index contributed by atoms with van der Waals surface area (Å²) in [5, 5.41) is 21.3. The molecule has 1 amide bonds. The van der Waals surface area contributed by atoms with Crippen LogP contribution in [0.5, 0.6) is 11.5 Å². The molecule has 45 heavy (non-hydrogen) atoms. The lowest BCUT2D eigenvalue weighted by Crippen LogP contribution is -2.22. The van der Waals surface area contributed by atoms with E-state index < -0.39 is 11.9 Å². The molecule has 0 unspecified atom stereocenters. The minimum atomic E-state index is -0.943. The van der Waals surface area contributed by atoms with Gasteiger partial charge in [0, 0.05) is 50.3 Å². The SMILES string of the molecule is CN(C)c1ccc(-c2cc(OCc3cccc(OCCCC(=O)O)c3CCC(=O)O)cc(C(=O)NCc3ccccc3)c2)cc1. The Balaban J connectivity index is 1.60. The predicted octanol–water partition coefficient (Wildman–Crippen LogP) is 6.19. The van der Waals surface area contributed by atoms with Gasteiger partial charge in [-0.25, -0.2) is 0 Å². The van der Waals surface area contributed by atoms with Crippen LogP contribution in [-0.2, 0) is 29.2 Å². The maximum absolute atomic E-state index is 13.3. The topological polar surface area (TPSA) is 125 Å². The number of anilines is 1. The van der Waals surface area contributed by atoms with Crippen molar-refractivity contribution < 1.29 is 34.1 Å². The molecule has 3 N–H and O–H groups in total. The van der Waals surface area contributed by atoms with Crippen molar-refractivity contribution in [3.8, 4) is 22.6 Å². The van der Waals surface area contributed by atoms with Gasteiger partial charge in [-0.3, -0.25) is 14.4 Å². The van der Waals surface area contributed by atoms with E-state index in [1.165, 1.54) is 0 Å². The van der Waals surface area contributed by atoms with Crippen LogP contribution >= 0.6 is 0 Å². The maximum atomic E-state index is 13.3. The number of aliphatic carboxylic acids is 2. The number of ether oxygens (including phenoxy) is 2. The molecule has 4 aromatic carbocycles. The maximum Gasteiger partial charge on any atom is 0.303 e. The summed E-state index contributed by atoms with van der Waals surface area (Å²) in [7, 11) is 3.94. The van der Waals surface area contributed by atoms with E-state index in [0.29, 0.717) is 35.6 Å². The highest BCUT2D eigenvalue weighted by molar-refractivity contribution is 5.96. The molecular formula is C36H38N2O7. The molecule has 0 radical (unpaired) electrons. The first-order valence-electron chi connectivity index (χ1n) is 14.7. The summed E-state index contributed by atoms with van der Waals surface area (Å²) in [5.41, 5.74) is 5.63. The van der Waals surface area contributed by atoms with Crippen molar-refractivity contribution in [3.63, 3.8) is 0 Å². The van der Waals surface area contributed by atoms with E-state index in [2.05, 4.69) is 5.32 Å². The number of benzene rings is 4. The summed E-state index contributed by atoms with van der Waals surface area (Å²) in [6.45, 7) is 0.673. The molecule has 0 spiro atoms. The predicted molar refractivity (Wildman–Crippen MR) is 173 cm³/mol. The first-order chi connectivity index (χ1) is 21.7. The van der Waals surface area contributed by atoms with Crippen molar-refractivity contribution in [2.75, 3.05) is 25.6 Å². The molecule has 0 saturated carbocycles. The highest BCUT2D eigenvalue weighted by Crippen LogP contribution is 2.30.